The lowest BCUT2D eigenvalue weighted by Crippen LogP contribution is -2.22. The molecule has 23 heavy (non-hydrogen) atoms. The molecule has 0 aliphatic rings. The van der Waals surface area contributed by atoms with Crippen molar-refractivity contribution < 1.29 is 4.92 Å². The number of hydrogen-bond acceptors (Lipinski definition) is 6. The Morgan fingerprint density at radius 2 is 2.17 bits per heavy atom. The van der Waals surface area contributed by atoms with Crippen molar-refractivity contribution in [3.05, 3.63) is 61.5 Å². The number of nitro groups is 1. The topological polar surface area (TPSA) is 92.1 Å². The minimum Gasteiger partial charge on any atom is -0.362 e. The number of anilines is 1. The van der Waals surface area contributed by atoms with Gasteiger partial charge in [0.2, 0.25) is 0 Å². The monoisotopic (exact) mass is 330 g/mol. The van der Waals surface area contributed by atoms with Gasteiger partial charge in [-0.15, -0.1) is 11.3 Å². The highest BCUT2D eigenvalue weighted by Crippen LogP contribution is 2.29. The van der Waals surface area contributed by atoms with E-state index < -0.39 is 4.92 Å². The largest absolute Gasteiger partial charge is 0.362 e. The van der Waals surface area contributed by atoms with E-state index >= 15 is 0 Å². The number of fused-ring (bicyclic) bond motifs is 1. The van der Waals surface area contributed by atoms with Gasteiger partial charge in [0.1, 0.15) is 16.2 Å². The predicted molar refractivity (Wildman–Crippen MR) is 90.2 cm³/mol. The van der Waals surface area contributed by atoms with Crippen LogP contribution in [0.2, 0.25) is 0 Å². The van der Waals surface area contributed by atoms with E-state index in [4.69, 9.17) is 0 Å². The number of benzene rings is 1. The summed E-state index contributed by atoms with van der Waals surface area (Å²) in [6.45, 7) is 2.07. The number of H-pyrrole nitrogens is 1. The second kappa shape index (κ2) is 5.81. The first-order valence-corrected chi connectivity index (χ1v) is 7.76. The van der Waals surface area contributed by atoms with Crippen molar-refractivity contribution in [3.63, 3.8) is 0 Å². The zero-order valence-electron chi connectivity index (χ0n) is 12.6. The Balaban J connectivity index is 1.96. The van der Waals surface area contributed by atoms with Gasteiger partial charge in [-0.05, 0) is 30.0 Å². The average Bonchev–Trinajstić information content (AvgIpc) is 2.95. The van der Waals surface area contributed by atoms with Gasteiger partial charge in [0.15, 0.2) is 0 Å². The van der Waals surface area contributed by atoms with Crippen LogP contribution in [0, 0.1) is 17.0 Å². The molecule has 0 unspecified atom stereocenters. The van der Waals surface area contributed by atoms with Crippen molar-refractivity contribution >= 4 is 32.9 Å². The Hall–Kier alpha value is -2.74. The van der Waals surface area contributed by atoms with Crippen LogP contribution >= 0.6 is 11.3 Å². The highest BCUT2D eigenvalue weighted by molar-refractivity contribution is 7.17. The fourth-order valence-corrected chi connectivity index (χ4v) is 3.13. The standard InChI is InChI=1S/C15H14N4O3S/c1-9-3-4-11(12(7-9)19(21)22)18(2)8-13-16-10-5-6-23-14(10)15(20)17-13/h3-7H,8H2,1-2H3,(H,16,17,20). The number of aryl methyl sites for hydroxylation is 1. The van der Waals surface area contributed by atoms with Gasteiger partial charge < -0.3 is 9.88 Å². The molecule has 0 amide bonds. The first-order valence-electron chi connectivity index (χ1n) is 6.88. The van der Waals surface area contributed by atoms with Gasteiger partial charge in [-0.25, -0.2) is 4.98 Å². The number of aromatic nitrogens is 2. The van der Waals surface area contributed by atoms with Crippen LogP contribution in [0.25, 0.3) is 10.2 Å². The lowest BCUT2D eigenvalue weighted by Gasteiger charge is -2.18. The van der Waals surface area contributed by atoms with Crippen molar-refractivity contribution in [1.29, 1.82) is 0 Å². The first kappa shape index (κ1) is 15.2. The SMILES string of the molecule is Cc1ccc(N(C)Cc2nc3ccsc3c(=O)[nH]2)c([N+](=O)[O-])c1. The molecule has 7 nitrogen and oxygen atoms in total. The van der Waals surface area contributed by atoms with Gasteiger partial charge in [0.25, 0.3) is 11.2 Å². The fraction of sp³-hybridized carbons (Fsp3) is 0.200. The second-order valence-corrected chi connectivity index (χ2v) is 6.17. The Morgan fingerprint density at radius 1 is 1.39 bits per heavy atom. The molecule has 2 heterocycles. The van der Waals surface area contributed by atoms with Crippen LogP contribution in [0.5, 0.6) is 0 Å². The van der Waals surface area contributed by atoms with E-state index in [9.17, 15) is 14.9 Å². The maximum Gasteiger partial charge on any atom is 0.292 e. The third-order valence-electron chi connectivity index (χ3n) is 3.49. The molecule has 0 saturated carbocycles. The van der Waals surface area contributed by atoms with E-state index in [1.807, 2.05) is 11.4 Å². The average molecular weight is 330 g/mol. The number of hydrogen-bond donors (Lipinski definition) is 1. The van der Waals surface area contributed by atoms with E-state index in [2.05, 4.69) is 9.97 Å². The van der Waals surface area contributed by atoms with Crippen LogP contribution in [0.4, 0.5) is 11.4 Å². The second-order valence-electron chi connectivity index (χ2n) is 5.25. The number of rotatable bonds is 4. The highest BCUT2D eigenvalue weighted by atomic mass is 32.1. The number of nitro benzene ring substituents is 1. The van der Waals surface area contributed by atoms with E-state index in [0.29, 0.717) is 21.7 Å². The third-order valence-corrected chi connectivity index (χ3v) is 4.39. The Morgan fingerprint density at radius 3 is 2.91 bits per heavy atom. The summed E-state index contributed by atoms with van der Waals surface area (Å²) in [6, 6.07) is 6.84. The summed E-state index contributed by atoms with van der Waals surface area (Å²) in [5, 5.41) is 13.0. The normalized spacial score (nSPS) is 10.9. The van der Waals surface area contributed by atoms with Crippen LogP contribution in [-0.2, 0) is 6.54 Å². The molecule has 0 bridgehead atoms. The number of nitrogens with zero attached hydrogens (tertiary/aromatic N) is 3. The molecule has 2 aromatic heterocycles. The van der Waals surface area contributed by atoms with Gasteiger partial charge in [-0.3, -0.25) is 14.9 Å². The summed E-state index contributed by atoms with van der Waals surface area (Å²) < 4.78 is 0.581. The molecule has 0 atom stereocenters. The summed E-state index contributed by atoms with van der Waals surface area (Å²) in [6.07, 6.45) is 0. The summed E-state index contributed by atoms with van der Waals surface area (Å²) >= 11 is 1.34. The van der Waals surface area contributed by atoms with Gasteiger partial charge in [0, 0.05) is 13.1 Å². The summed E-state index contributed by atoms with van der Waals surface area (Å²) in [5.74, 6) is 0.471. The van der Waals surface area contributed by atoms with Gasteiger partial charge >= 0.3 is 0 Å². The zero-order valence-corrected chi connectivity index (χ0v) is 13.4. The molecule has 3 rings (SSSR count). The molecule has 0 fully saturated rings. The molecule has 0 spiro atoms. The Bertz CT molecular complexity index is 947. The Labute approximate surface area is 135 Å². The maximum atomic E-state index is 12.0. The molecule has 0 saturated heterocycles. The van der Waals surface area contributed by atoms with Crippen molar-refractivity contribution in [1.82, 2.24) is 9.97 Å². The van der Waals surface area contributed by atoms with Crippen molar-refractivity contribution in [3.8, 4) is 0 Å². The van der Waals surface area contributed by atoms with Crippen LogP contribution < -0.4 is 10.5 Å². The number of nitrogens with one attached hydrogen (secondary N) is 1. The minimum absolute atomic E-state index is 0.0338. The third kappa shape index (κ3) is 2.93. The van der Waals surface area contributed by atoms with Crippen molar-refractivity contribution in [2.24, 2.45) is 0 Å². The minimum atomic E-state index is -0.406. The quantitative estimate of drug-likeness (QED) is 0.586. The molecule has 8 heteroatoms. The lowest BCUT2D eigenvalue weighted by molar-refractivity contribution is -0.384. The van der Waals surface area contributed by atoms with E-state index in [-0.39, 0.29) is 17.8 Å². The van der Waals surface area contributed by atoms with E-state index in [1.165, 1.54) is 17.4 Å². The van der Waals surface area contributed by atoms with Gasteiger partial charge in [0.05, 0.1) is 17.0 Å². The molecule has 0 aliphatic carbocycles. The van der Waals surface area contributed by atoms with Gasteiger partial charge in [-0.1, -0.05) is 6.07 Å². The molecule has 1 aromatic carbocycles. The zero-order chi connectivity index (χ0) is 16.6. The van der Waals surface area contributed by atoms with Crippen molar-refractivity contribution in [2.75, 3.05) is 11.9 Å². The van der Waals surface area contributed by atoms with Crippen molar-refractivity contribution in [2.45, 2.75) is 13.5 Å². The number of thiophene rings is 1. The molecule has 3 aromatic rings. The summed E-state index contributed by atoms with van der Waals surface area (Å²) in [5.41, 5.74) is 1.78. The van der Waals surface area contributed by atoms with Crippen LogP contribution in [0.1, 0.15) is 11.4 Å². The fourth-order valence-electron chi connectivity index (χ4n) is 2.41. The summed E-state index contributed by atoms with van der Waals surface area (Å²) in [7, 11) is 1.73. The molecule has 0 radical (unpaired) electrons. The molecular weight excluding hydrogens is 316 g/mol. The number of aromatic amines is 1. The van der Waals surface area contributed by atoms with Crippen LogP contribution in [0.15, 0.2) is 34.4 Å². The van der Waals surface area contributed by atoms with E-state index in [0.717, 1.165) is 5.56 Å². The Kier molecular flexibility index (Phi) is 3.83. The first-order chi connectivity index (χ1) is 11.0. The maximum absolute atomic E-state index is 12.0. The molecule has 0 aliphatic heterocycles. The smallest absolute Gasteiger partial charge is 0.292 e. The molecular formula is C15H14N4O3S. The summed E-state index contributed by atoms with van der Waals surface area (Å²) in [4.78, 5) is 31.6. The lowest BCUT2D eigenvalue weighted by atomic mass is 10.2. The highest BCUT2D eigenvalue weighted by Gasteiger charge is 2.18. The predicted octanol–water partition coefficient (Wildman–Crippen LogP) is 2.84. The molecule has 118 valence electrons. The van der Waals surface area contributed by atoms with E-state index in [1.54, 1.807) is 31.0 Å². The molecule has 1 N–H and O–H groups in total. The van der Waals surface area contributed by atoms with Crippen LogP contribution in [-0.4, -0.2) is 21.9 Å². The van der Waals surface area contributed by atoms with Gasteiger partial charge in [-0.2, -0.15) is 0 Å². The van der Waals surface area contributed by atoms with Crippen LogP contribution in [0.3, 0.4) is 0 Å².